The van der Waals surface area contributed by atoms with Gasteiger partial charge in [0, 0.05) is 24.7 Å². The molecule has 0 bridgehead atoms. The monoisotopic (exact) mass is 366 g/mol. The van der Waals surface area contributed by atoms with Gasteiger partial charge in [0.2, 0.25) is 0 Å². The number of aliphatic carboxylic acids is 1. The van der Waals surface area contributed by atoms with Gasteiger partial charge >= 0.3 is 18.2 Å². The maximum absolute atomic E-state index is 13.7. The second-order valence-corrected chi connectivity index (χ2v) is 5.83. The molecule has 2 amide bonds. The fourth-order valence-electron chi connectivity index (χ4n) is 2.76. The zero-order valence-electron chi connectivity index (χ0n) is 13.0. The Hall–Kier alpha value is -2.39. The van der Waals surface area contributed by atoms with E-state index in [1.165, 1.54) is 6.92 Å². The Kier molecular flexibility index (Phi) is 5.19. The van der Waals surface area contributed by atoms with Gasteiger partial charge in [0.15, 0.2) is 0 Å². The number of likely N-dealkylation sites (tertiary alicyclic amines) is 1. The van der Waals surface area contributed by atoms with Crippen LogP contribution < -0.4 is 5.32 Å². The number of carboxylic acids is 1. The lowest BCUT2D eigenvalue weighted by molar-refractivity contribution is -0.187. The second kappa shape index (κ2) is 6.85. The van der Waals surface area contributed by atoms with E-state index >= 15 is 0 Å². The predicted molar refractivity (Wildman–Crippen MR) is 75.5 cm³/mol. The van der Waals surface area contributed by atoms with Crippen LogP contribution in [-0.2, 0) is 4.79 Å². The molecular formula is C15H15F5N2O3. The van der Waals surface area contributed by atoms with E-state index in [-0.39, 0.29) is 5.56 Å². The summed E-state index contributed by atoms with van der Waals surface area (Å²) in [5.41, 5.74) is -0.0453. The average molecular weight is 366 g/mol. The van der Waals surface area contributed by atoms with Gasteiger partial charge in [-0.1, -0.05) is 6.07 Å². The van der Waals surface area contributed by atoms with Crippen LogP contribution in [0.2, 0.25) is 0 Å². The highest BCUT2D eigenvalue weighted by Crippen LogP contribution is 2.37. The van der Waals surface area contributed by atoms with E-state index in [1.807, 2.05) is 0 Å². The molecule has 0 aliphatic carbocycles. The topological polar surface area (TPSA) is 69.6 Å². The number of urea groups is 1. The van der Waals surface area contributed by atoms with E-state index in [9.17, 15) is 31.5 Å². The van der Waals surface area contributed by atoms with Crippen LogP contribution in [0, 0.1) is 23.5 Å². The van der Waals surface area contributed by atoms with E-state index in [4.69, 9.17) is 5.11 Å². The molecule has 3 atom stereocenters. The Labute approximate surface area is 139 Å². The normalized spacial score (nSPS) is 21.9. The average Bonchev–Trinajstić information content (AvgIpc) is 2.92. The van der Waals surface area contributed by atoms with Gasteiger partial charge in [-0.3, -0.25) is 4.79 Å². The van der Waals surface area contributed by atoms with Gasteiger partial charge in [0.05, 0.1) is 17.9 Å². The number of nitrogens with one attached hydrogen (secondary N) is 1. The molecule has 1 aromatic rings. The minimum atomic E-state index is -4.76. The maximum Gasteiger partial charge on any atom is 0.394 e. The number of amides is 2. The van der Waals surface area contributed by atoms with Crippen LogP contribution in [0.25, 0.3) is 0 Å². The molecule has 0 saturated carbocycles. The van der Waals surface area contributed by atoms with E-state index in [2.05, 4.69) is 5.32 Å². The number of hydrogen-bond acceptors (Lipinski definition) is 2. The molecule has 1 aliphatic heterocycles. The Morgan fingerprint density at radius 2 is 1.92 bits per heavy atom. The van der Waals surface area contributed by atoms with Crippen LogP contribution in [-0.4, -0.2) is 41.3 Å². The molecule has 0 aromatic heterocycles. The molecule has 2 N–H and O–H groups in total. The van der Waals surface area contributed by atoms with Crippen molar-refractivity contribution >= 4 is 12.0 Å². The lowest BCUT2D eigenvalue weighted by atomic mass is 9.96. The Morgan fingerprint density at radius 3 is 2.40 bits per heavy atom. The van der Waals surface area contributed by atoms with E-state index in [1.54, 1.807) is 0 Å². The zero-order chi connectivity index (χ0) is 18.9. The van der Waals surface area contributed by atoms with Crippen molar-refractivity contribution in [1.29, 1.82) is 0 Å². The van der Waals surface area contributed by atoms with Gasteiger partial charge in [-0.15, -0.1) is 0 Å². The summed E-state index contributed by atoms with van der Waals surface area (Å²) in [4.78, 5) is 23.8. The third kappa shape index (κ3) is 4.18. The SMILES string of the molecule is CC(NC(=O)N1C[C@@H](C(F)(F)F)[C@H](C(=O)O)C1)c1ccc(F)cc1F. The molecule has 1 aromatic carbocycles. The van der Waals surface area contributed by atoms with Crippen molar-refractivity contribution in [2.75, 3.05) is 13.1 Å². The third-order valence-corrected chi connectivity index (χ3v) is 4.11. The first kappa shape index (κ1) is 18.9. The second-order valence-electron chi connectivity index (χ2n) is 5.83. The first-order chi connectivity index (χ1) is 11.5. The smallest absolute Gasteiger partial charge is 0.394 e. The van der Waals surface area contributed by atoms with Crippen molar-refractivity contribution in [3.05, 3.63) is 35.4 Å². The largest absolute Gasteiger partial charge is 0.481 e. The molecule has 25 heavy (non-hydrogen) atoms. The van der Waals surface area contributed by atoms with Gasteiger partial charge in [0.25, 0.3) is 0 Å². The number of halogens is 5. The summed E-state index contributed by atoms with van der Waals surface area (Å²) >= 11 is 0. The molecule has 0 spiro atoms. The van der Waals surface area contributed by atoms with Crippen molar-refractivity contribution in [2.45, 2.75) is 19.1 Å². The number of carboxylic acid groups (broad SMARTS) is 1. The van der Waals surface area contributed by atoms with Crippen molar-refractivity contribution < 1.29 is 36.6 Å². The van der Waals surface area contributed by atoms with E-state index in [0.717, 1.165) is 17.0 Å². The van der Waals surface area contributed by atoms with Crippen molar-refractivity contribution in [2.24, 2.45) is 11.8 Å². The third-order valence-electron chi connectivity index (χ3n) is 4.11. The number of hydrogen-bond donors (Lipinski definition) is 2. The highest BCUT2D eigenvalue weighted by Gasteiger charge is 2.53. The highest BCUT2D eigenvalue weighted by atomic mass is 19.4. The molecule has 1 saturated heterocycles. The van der Waals surface area contributed by atoms with E-state index in [0.29, 0.717) is 6.07 Å². The summed E-state index contributed by atoms with van der Waals surface area (Å²) in [6.07, 6.45) is -4.76. The standard InChI is InChI=1S/C15H15F5N2O3/c1-7(9-3-2-8(16)4-12(9)17)21-14(25)22-5-10(13(23)24)11(6-22)15(18,19)20/h2-4,7,10-11H,5-6H2,1H3,(H,21,25)(H,23,24)/t7?,10-,11-/m1/s1. The van der Waals surface area contributed by atoms with Crippen LogP contribution in [0.4, 0.5) is 26.7 Å². The van der Waals surface area contributed by atoms with Gasteiger partial charge in [-0.25, -0.2) is 13.6 Å². The summed E-state index contributed by atoms with van der Waals surface area (Å²) in [5, 5.41) is 11.2. The van der Waals surface area contributed by atoms with Crippen LogP contribution in [0.5, 0.6) is 0 Å². The quantitative estimate of drug-likeness (QED) is 0.809. The fourth-order valence-corrected chi connectivity index (χ4v) is 2.76. The van der Waals surface area contributed by atoms with Gasteiger partial charge in [0.1, 0.15) is 11.6 Å². The molecule has 1 heterocycles. The lowest BCUT2D eigenvalue weighted by Gasteiger charge is -2.22. The Balaban J connectivity index is 2.09. The number of nitrogens with zero attached hydrogens (tertiary/aromatic N) is 1. The number of carbonyl (C=O) groups is 2. The molecule has 5 nitrogen and oxygen atoms in total. The Bertz CT molecular complexity index is 680. The summed E-state index contributed by atoms with van der Waals surface area (Å²) in [5.74, 6) is -7.30. The van der Waals surface area contributed by atoms with Crippen LogP contribution >= 0.6 is 0 Å². The molecule has 138 valence electrons. The summed E-state index contributed by atoms with van der Waals surface area (Å²) in [7, 11) is 0. The number of carbonyl (C=O) groups excluding carboxylic acids is 1. The predicted octanol–water partition coefficient (Wildman–Crippen LogP) is 2.93. The highest BCUT2D eigenvalue weighted by molar-refractivity contribution is 5.78. The van der Waals surface area contributed by atoms with Crippen LogP contribution in [0.3, 0.4) is 0 Å². The number of benzene rings is 1. The summed E-state index contributed by atoms with van der Waals surface area (Å²) < 4.78 is 65.3. The molecule has 1 fully saturated rings. The molecule has 1 unspecified atom stereocenters. The Morgan fingerprint density at radius 1 is 1.28 bits per heavy atom. The van der Waals surface area contributed by atoms with Gasteiger partial charge in [-0.2, -0.15) is 13.2 Å². The maximum atomic E-state index is 13.7. The van der Waals surface area contributed by atoms with Crippen LogP contribution in [0.1, 0.15) is 18.5 Å². The molecule has 0 radical (unpaired) electrons. The first-order valence-electron chi connectivity index (χ1n) is 7.30. The van der Waals surface area contributed by atoms with Crippen LogP contribution in [0.15, 0.2) is 18.2 Å². The molecule has 2 rings (SSSR count). The van der Waals surface area contributed by atoms with Gasteiger partial charge in [-0.05, 0) is 13.0 Å². The molecule has 1 aliphatic rings. The minimum absolute atomic E-state index is 0.0453. The summed E-state index contributed by atoms with van der Waals surface area (Å²) in [6.45, 7) is -0.0326. The molecular weight excluding hydrogens is 351 g/mol. The van der Waals surface area contributed by atoms with Crippen molar-refractivity contribution in [3.8, 4) is 0 Å². The van der Waals surface area contributed by atoms with Gasteiger partial charge < -0.3 is 15.3 Å². The van der Waals surface area contributed by atoms with Crippen molar-refractivity contribution in [3.63, 3.8) is 0 Å². The molecule has 10 heteroatoms. The van der Waals surface area contributed by atoms with Crippen molar-refractivity contribution in [1.82, 2.24) is 10.2 Å². The van der Waals surface area contributed by atoms with E-state index < -0.39 is 60.8 Å². The zero-order valence-corrected chi connectivity index (χ0v) is 13.0. The summed E-state index contributed by atoms with van der Waals surface area (Å²) in [6, 6.07) is 0.819. The fraction of sp³-hybridized carbons (Fsp3) is 0.467. The minimum Gasteiger partial charge on any atom is -0.481 e. The lowest BCUT2D eigenvalue weighted by Crippen LogP contribution is -2.40. The first-order valence-corrected chi connectivity index (χ1v) is 7.30. The number of alkyl halides is 3. The number of rotatable bonds is 3.